The van der Waals surface area contributed by atoms with E-state index >= 15 is 0 Å². The molecule has 0 unspecified atom stereocenters. The molecule has 0 amide bonds. The van der Waals surface area contributed by atoms with Crippen LogP contribution in [0, 0.1) is 18.6 Å². The van der Waals surface area contributed by atoms with E-state index < -0.39 is 0 Å². The number of hydrogen-bond acceptors (Lipinski definition) is 2. The Hall–Kier alpha value is -2.49. The number of nitrogens with one attached hydrogen (secondary N) is 1. The molecule has 0 atom stereocenters. The molecule has 0 aliphatic rings. The predicted octanol–water partition coefficient (Wildman–Crippen LogP) is 4.47. The number of rotatable bonds is 4. The number of allylic oxidation sites excluding steroid dienone is 2. The van der Waals surface area contributed by atoms with Gasteiger partial charge < -0.3 is 5.32 Å². The highest BCUT2D eigenvalue weighted by Gasteiger charge is 2.04. The fourth-order valence-electron chi connectivity index (χ4n) is 1.88. The van der Waals surface area contributed by atoms with Gasteiger partial charge in [-0.2, -0.15) is 0 Å². The van der Waals surface area contributed by atoms with Gasteiger partial charge in [-0.1, -0.05) is 0 Å². The van der Waals surface area contributed by atoms with Crippen LogP contribution in [0.5, 0.6) is 0 Å². The van der Waals surface area contributed by atoms with Crippen molar-refractivity contribution in [1.29, 1.82) is 0 Å². The largest absolute Gasteiger partial charge is 0.359 e. The fourth-order valence-corrected chi connectivity index (χ4v) is 1.88. The third kappa shape index (κ3) is 3.99. The first-order valence-electron chi connectivity index (χ1n) is 6.47. The molecule has 0 fully saturated rings. The van der Waals surface area contributed by atoms with Crippen LogP contribution in [0.25, 0.3) is 0 Å². The zero-order valence-corrected chi connectivity index (χ0v) is 11.8. The zero-order valence-electron chi connectivity index (χ0n) is 11.8. The highest BCUT2D eigenvalue weighted by Crippen LogP contribution is 2.16. The number of aryl methyl sites for hydroxylation is 1. The Morgan fingerprint density at radius 1 is 1.10 bits per heavy atom. The van der Waals surface area contributed by atoms with Crippen molar-refractivity contribution >= 4 is 11.5 Å². The van der Waals surface area contributed by atoms with Crippen LogP contribution in [-0.4, -0.2) is 5.78 Å². The summed E-state index contributed by atoms with van der Waals surface area (Å²) in [5.74, 6) is -0.879. The summed E-state index contributed by atoms with van der Waals surface area (Å²) in [6.07, 6.45) is 1.42. The molecule has 0 aliphatic heterocycles. The summed E-state index contributed by atoms with van der Waals surface area (Å²) in [4.78, 5) is 12.0. The van der Waals surface area contributed by atoms with Crippen LogP contribution in [-0.2, 0) is 0 Å². The average Bonchev–Trinajstić information content (AvgIpc) is 2.43. The lowest BCUT2D eigenvalue weighted by Gasteiger charge is -2.08. The van der Waals surface area contributed by atoms with Gasteiger partial charge in [0.2, 0.25) is 0 Å². The first-order valence-corrected chi connectivity index (χ1v) is 6.47. The molecule has 0 aromatic heterocycles. The molecule has 4 heteroatoms. The van der Waals surface area contributed by atoms with Crippen LogP contribution in [0.15, 0.2) is 54.2 Å². The summed E-state index contributed by atoms with van der Waals surface area (Å²) in [6.45, 7) is 3.41. The number of carbonyl (C=O) groups is 1. The second kappa shape index (κ2) is 6.31. The van der Waals surface area contributed by atoms with Gasteiger partial charge in [0.1, 0.15) is 11.6 Å². The number of hydrogen-bond donors (Lipinski definition) is 1. The Morgan fingerprint density at radius 3 is 2.38 bits per heavy atom. The van der Waals surface area contributed by atoms with E-state index in [4.69, 9.17) is 0 Å². The zero-order chi connectivity index (χ0) is 15.4. The van der Waals surface area contributed by atoms with Gasteiger partial charge in [-0.25, -0.2) is 8.78 Å². The van der Waals surface area contributed by atoms with Crippen molar-refractivity contribution in [3.63, 3.8) is 0 Å². The lowest BCUT2D eigenvalue weighted by molar-refractivity contribution is 0.104. The van der Waals surface area contributed by atoms with Gasteiger partial charge in [0.25, 0.3) is 0 Å². The summed E-state index contributed by atoms with van der Waals surface area (Å²) in [7, 11) is 0. The molecule has 0 heterocycles. The van der Waals surface area contributed by atoms with E-state index in [1.807, 2.05) is 0 Å². The molecule has 0 spiro atoms. The second-order valence-corrected chi connectivity index (χ2v) is 4.79. The third-order valence-corrected chi connectivity index (χ3v) is 2.98. The molecular weight excluding hydrogens is 272 g/mol. The Labute approximate surface area is 122 Å². The quantitative estimate of drug-likeness (QED) is 0.664. The first-order chi connectivity index (χ1) is 9.95. The van der Waals surface area contributed by atoms with Crippen molar-refractivity contribution in [2.45, 2.75) is 13.8 Å². The van der Waals surface area contributed by atoms with Crippen molar-refractivity contribution in [1.82, 2.24) is 0 Å². The molecule has 0 saturated heterocycles. The van der Waals surface area contributed by atoms with Crippen molar-refractivity contribution in [2.75, 3.05) is 5.32 Å². The SMILES string of the molecule is CC(=CC(=O)c1ccc(F)cc1)Nc1ccc(F)c(C)c1. The van der Waals surface area contributed by atoms with Crippen LogP contribution < -0.4 is 5.32 Å². The van der Waals surface area contributed by atoms with Crippen LogP contribution in [0.1, 0.15) is 22.8 Å². The van der Waals surface area contributed by atoms with Crippen molar-refractivity contribution in [2.24, 2.45) is 0 Å². The summed E-state index contributed by atoms with van der Waals surface area (Å²) in [5.41, 5.74) is 2.26. The van der Waals surface area contributed by atoms with Crippen LogP contribution >= 0.6 is 0 Å². The Bertz CT molecular complexity index is 690. The third-order valence-electron chi connectivity index (χ3n) is 2.98. The Kier molecular flexibility index (Phi) is 4.48. The molecule has 0 bridgehead atoms. The molecule has 2 rings (SSSR count). The van der Waals surface area contributed by atoms with Crippen LogP contribution in [0.3, 0.4) is 0 Å². The van der Waals surface area contributed by atoms with Gasteiger partial charge in [0.15, 0.2) is 5.78 Å². The molecule has 21 heavy (non-hydrogen) atoms. The molecule has 0 aliphatic carbocycles. The first kappa shape index (κ1) is 14.9. The molecule has 0 radical (unpaired) electrons. The highest BCUT2D eigenvalue weighted by atomic mass is 19.1. The fraction of sp³-hybridized carbons (Fsp3) is 0.118. The van der Waals surface area contributed by atoms with Gasteiger partial charge in [-0.3, -0.25) is 4.79 Å². The normalized spacial score (nSPS) is 11.3. The molecule has 108 valence electrons. The number of benzene rings is 2. The summed E-state index contributed by atoms with van der Waals surface area (Å²) < 4.78 is 26.0. The average molecular weight is 287 g/mol. The summed E-state index contributed by atoms with van der Waals surface area (Å²) in [5, 5.41) is 3.02. The summed E-state index contributed by atoms with van der Waals surface area (Å²) in [6, 6.07) is 9.98. The van der Waals surface area contributed by atoms with Crippen molar-refractivity contribution in [3.05, 3.63) is 77.0 Å². The van der Waals surface area contributed by atoms with Gasteiger partial charge in [0.05, 0.1) is 0 Å². The van der Waals surface area contributed by atoms with E-state index in [0.717, 1.165) is 0 Å². The van der Waals surface area contributed by atoms with E-state index in [9.17, 15) is 13.6 Å². The second-order valence-electron chi connectivity index (χ2n) is 4.79. The van der Waals surface area contributed by atoms with E-state index in [-0.39, 0.29) is 17.4 Å². The number of halogens is 2. The maximum Gasteiger partial charge on any atom is 0.187 e. The Morgan fingerprint density at radius 2 is 1.76 bits per heavy atom. The minimum atomic E-state index is -0.382. The van der Waals surface area contributed by atoms with Crippen LogP contribution in [0.2, 0.25) is 0 Å². The minimum absolute atomic E-state index is 0.223. The van der Waals surface area contributed by atoms with Gasteiger partial charge in [-0.15, -0.1) is 0 Å². The number of carbonyl (C=O) groups excluding carboxylic acids is 1. The number of anilines is 1. The molecule has 2 nitrogen and oxygen atoms in total. The smallest absolute Gasteiger partial charge is 0.187 e. The van der Waals surface area contributed by atoms with Gasteiger partial charge in [0, 0.05) is 23.0 Å². The Balaban J connectivity index is 2.11. The van der Waals surface area contributed by atoms with E-state index in [0.29, 0.717) is 22.5 Å². The van der Waals surface area contributed by atoms with Crippen molar-refractivity contribution < 1.29 is 13.6 Å². The maximum atomic E-state index is 13.2. The molecule has 1 N–H and O–H groups in total. The highest BCUT2D eigenvalue weighted by molar-refractivity contribution is 6.05. The van der Waals surface area contributed by atoms with Crippen LogP contribution in [0.4, 0.5) is 14.5 Å². The van der Waals surface area contributed by atoms with E-state index in [2.05, 4.69) is 5.32 Å². The van der Waals surface area contributed by atoms with E-state index in [1.165, 1.54) is 36.4 Å². The van der Waals surface area contributed by atoms with Crippen molar-refractivity contribution in [3.8, 4) is 0 Å². The lowest BCUT2D eigenvalue weighted by atomic mass is 10.1. The molecule has 0 saturated carbocycles. The van der Waals surface area contributed by atoms with Gasteiger partial charge in [-0.05, 0) is 61.9 Å². The maximum absolute atomic E-state index is 13.2. The van der Waals surface area contributed by atoms with E-state index in [1.54, 1.807) is 26.0 Å². The standard InChI is InChI=1S/C17H15F2NO/c1-11-9-15(7-8-16(11)19)20-12(2)10-17(21)13-3-5-14(18)6-4-13/h3-10,20H,1-2H3. The molecule has 2 aromatic carbocycles. The summed E-state index contributed by atoms with van der Waals surface area (Å²) >= 11 is 0. The predicted molar refractivity (Wildman–Crippen MR) is 79.2 cm³/mol. The number of ketones is 1. The lowest BCUT2D eigenvalue weighted by Crippen LogP contribution is -2.02. The molecule has 2 aromatic rings. The molecular formula is C17H15F2NO. The monoisotopic (exact) mass is 287 g/mol. The van der Waals surface area contributed by atoms with Gasteiger partial charge >= 0.3 is 0 Å². The topological polar surface area (TPSA) is 29.1 Å². The minimum Gasteiger partial charge on any atom is -0.359 e.